The number of hydrogen-bond donors (Lipinski definition) is 1. The Balaban J connectivity index is 1.49. The molecule has 186 valence electrons. The number of benzene rings is 1. The normalized spacial score (nSPS) is 19.1. The quantitative estimate of drug-likeness (QED) is 0.554. The van der Waals surface area contributed by atoms with E-state index in [1.807, 2.05) is 51.1 Å². The molecule has 9 heteroatoms. The summed E-state index contributed by atoms with van der Waals surface area (Å²) in [5, 5.41) is 11.3. The van der Waals surface area contributed by atoms with Gasteiger partial charge in [-0.05, 0) is 45.2 Å². The molecule has 9 nitrogen and oxygen atoms in total. The van der Waals surface area contributed by atoms with Crippen molar-refractivity contribution < 1.29 is 19.4 Å². The van der Waals surface area contributed by atoms with E-state index >= 15 is 0 Å². The number of ether oxygens (including phenoxy) is 2. The summed E-state index contributed by atoms with van der Waals surface area (Å²) in [5.41, 5.74) is 0.679. The van der Waals surface area contributed by atoms with Gasteiger partial charge in [-0.3, -0.25) is 14.3 Å². The third-order valence-electron chi connectivity index (χ3n) is 5.97. The van der Waals surface area contributed by atoms with Crippen LogP contribution in [0.1, 0.15) is 39.2 Å². The fraction of sp³-hybridized carbons (Fsp3) is 0.462. The van der Waals surface area contributed by atoms with Crippen molar-refractivity contribution in [3.8, 4) is 0 Å². The largest absolute Gasteiger partial charge is 0.444 e. The zero-order valence-corrected chi connectivity index (χ0v) is 20.3. The van der Waals surface area contributed by atoms with Crippen molar-refractivity contribution in [2.45, 2.75) is 70.6 Å². The molecule has 2 aromatic heterocycles. The second-order valence-electron chi connectivity index (χ2n) is 9.85. The summed E-state index contributed by atoms with van der Waals surface area (Å²) in [6.07, 6.45) is 3.74. The number of aromatic nitrogens is 3. The Labute approximate surface area is 204 Å². The van der Waals surface area contributed by atoms with Crippen LogP contribution in [0.4, 0.5) is 4.79 Å². The van der Waals surface area contributed by atoms with E-state index in [2.05, 4.69) is 9.97 Å². The second kappa shape index (κ2) is 10.5. The van der Waals surface area contributed by atoms with Crippen LogP contribution in [-0.2, 0) is 22.6 Å². The van der Waals surface area contributed by atoms with Crippen molar-refractivity contribution in [3.05, 3.63) is 71.0 Å². The Kier molecular flexibility index (Phi) is 7.47. The Hall–Kier alpha value is -3.30. The van der Waals surface area contributed by atoms with Gasteiger partial charge in [0.2, 0.25) is 0 Å². The molecule has 35 heavy (non-hydrogen) atoms. The smallest absolute Gasteiger partial charge is 0.410 e. The van der Waals surface area contributed by atoms with Crippen LogP contribution in [0.5, 0.6) is 0 Å². The first-order valence-electron chi connectivity index (χ1n) is 11.8. The highest BCUT2D eigenvalue weighted by Crippen LogP contribution is 2.28. The van der Waals surface area contributed by atoms with Crippen LogP contribution in [-0.4, -0.2) is 61.0 Å². The Morgan fingerprint density at radius 3 is 2.74 bits per heavy atom. The molecule has 1 aliphatic rings. The molecule has 0 radical (unpaired) electrons. The molecule has 1 amide bonds. The fourth-order valence-corrected chi connectivity index (χ4v) is 4.34. The Morgan fingerprint density at radius 2 is 2.00 bits per heavy atom. The van der Waals surface area contributed by atoms with Crippen LogP contribution in [0.2, 0.25) is 0 Å². The van der Waals surface area contributed by atoms with Crippen molar-refractivity contribution in [2.24, 2.45) is 0 Å². The van der Waals surface area contributed by atoms with Crippen molar-refractivity contribution in [2.75, 3.05) is 6.54 Å². The van der Waals surface area contributed by atoms with Crippen LogP contribution in [0, 0.1) is 0 Å². The zero-order chi connectivity index (χ0) is 25.0. The topological polar surface area (TPSA) is 107 Å². The maximum atomic E-state index is 12.9. The van der Waals surface area contributed by atoms with Crippen molar-refractivity contribution >= 4 is 17.0 Å². The average molecular weight is 481 g/mol. The number of amides is 1. The molecule has 0 aliphatic carbocycles. The molecule has 3 unspecified atom stereocenters. The van der Waals surface area contributed by atoms with E-state index in [1.165, 1.54) is 17.1 Å². The van der Waals surface area contributed by atoms with Gasteiger partial charge < -0.3 is 19.5 Å². The fourth-order valence-electron chi connectivity index (χ4n) is 4.34. The molecule has 1 N–H and O–H groups in total. The molecular weight excluding hydrogens is 448 g/mol. The molecule has 4 rings (SSSR count). The summed E-state index contributed by atoms with van der Waals surface area (Å²) >= 11 is 0. The van der Waals surface area contributed by atoms with Crippen LogP contribution >= 0.6 is 0 Å². The summed E-state index contributed by atoms with van der Waals surface area (Å²) < 4.78 is 13.2. The van der Waals surface area contributed by atoms with Gasteiger partial charge in [-0.2, -0.15) is 0 Å². The van der Waals surface area contributed by atoms with Gasteiger partial charge in [0.25, 0.3) is 5.56 Å². The SMILES string of the molecule is CC(C)(C)OC(=O)N1CCC(OCc2ccccc2)C1CC(O)Cn1cnc2ccncc2c1=O. The predicted octanol–water partition coefficient (Wildman–Crippen LogP) is 3.14. The van der Waals surface area contributed by atoms with Gasteiger partial charge >= 0.3 is 6.09 Å². The Bertz CT molecular complexity index is 1210. The summed E-state index contributed by atoms with van der Waals surface area (Å²) in [6.45, 7) is 6.38. The number of rotatable bonds is 7. The monoisotopic (exact) mass is 480 g/mol. The van der Waals surface area contributed by atoms with Gasteiger partial charge in [-0.25, -0.2) is 9.78 Å². The minimum absolute atomic E-state index is 0.0424. The summed E-state index contributed by atoms with van der Waals surface area (Å²) in [6, 6.07) is 11.1. The molecule has 1 saturated heterocycles. The molecular formula is C26H32N4O5. The minimum Gasteiger partial charge on any atom is -0.444 e. The number of hydrogen-bond acceptors (Lipinski definition) is 7. The molecule has 1 aromatic carbocycles. The highest BCUT2D eigenvalue weighted by molar-refractivity contribution is 5.75. The number of aliphatic hydroxyl groups excluding tert-OH is 1. The number of aliphatic hydroxyl groups is 1. The molecule has 0 spiro atoms. The molecule has 3 atom stereocenters. The lowest BCUT2D eigenvalue weighted by atomic mass is 10.0. The predicted molar refractivity (Wildman–Crippen MR) is 131 cm³/mol. The molecule has 1 aliphatic heterocycles. The van der Waals surface area contributed by atoms with Crippen LogP contribution in [0.3, 0.4) is 0 Å². The van der Waals surface area contributed by atoms with Crippen molar-refractivity contribution in [3.63, 3.8) is 0 Å². The van der Waals surface area contributed by atoms with E-state index in [0.717, 1.165) is 5.56 Å². The van der Waals surface area contributed by atoms with Gasteiger partial charge in [0, 0.05) is 18.9 Å². The summed E-state index contributed by atoms with van der Waals surface area (Å²) in [4.78, 5) is 35.7. The van der Waals surface area contributed by atoms with E-state index in [-0.39, 0.29) is 24.6 Å². The molecule has 3 heterocycles. The summed E-state index contributed by atoms with van der Waals surface area (Å²) in [7, 11) is 0. The third kappa shape index (κ3) is 6.23. The first kappa shape index (κ1) is 24.8. The van der Waals surface area contributed by atoms with Crippen LogP contribution < -0.4 is 5.56 Å². The number of fused-ring (bicyclic) bond motifs is 1. The number of nitrogens with zero attached hydrogens (tertiary/aromatic N) is 4. The first-order chi connectivity index (χ1) is 16.7. The number of carbonyl (C=O) groups is 1. The van der Waals surface area contributed by atoms with E-state index in [1.54, 1.807) is 17.2 Å². The maximum Gasteiger partial charge on any atom is 0.410 e. The van der Waals surface area contributed by atoms with Gasteiger partial charge in [-0.15, -0.1) is 0 Å². The van der Waals surface area contributed by atoms with Gasteiger partial charge in [-0.1, -0.05) is 30.3 Å². The number of likely N-dealkylation sites (tertiary alicyclic amines) is 1. The lowest BCUT2D eigenvalue weighted by Gasteiger charge is -2.32. The lowest BCUT2D eigenvalue weighted by molar-refractivity contribution is -0.0176. The molecule has 3 aromatic rings. The average Bonchev–Trinajstić information content (AvgIpc) is 3.21. The minimum atomic E-state index is -0.903. The zero-order valence-electron chi connectivity index (χ0n) is 20.3. The standard InChI is InChI=1S/C26H32N4O5/c1-26(2,3)35-25(33)30-12-10-23(34-16-18-7-5-4-6-8-18)22(30)13-19(31)15-29-17-28-21-9-11-27-14-20(21)24(29)32/h4-9,11,14,17,19,22-23,31H,10,12-13,15-16H2,1-3H3. The molecule has 0 saturated carbocycles. The van der Waals surface area contributed by atoms with E-state index in [0.29, 0.717) is 30.5 Å². The Morgan fingerprint density at radius 1 is 1.23 bits per heavy atom. The van der Waals surface area contributed by atoms with Gasteiger partial charge in [0.05, 0.1) is 48.6 Å². The van der Waals surface area contributed by atoms with E-state index < -0.39 is 23.8 Å². The van der Waals surface area contributed by atoms with Gasteiger partial charge in [0.15, 0.2) is 0 Å². The van der Waals surface area contributed by atoms with E-state index in [9.17, 15) is 14.7 Å². The summed E-state index contributed by atoms with van der Waals surface area (Å²) in [5.74, 6) is 0. The first-order valence-corrected chi connectivity index (χ1v) is 11.8. The highest BCUT2D eigenvalue weighted by atomic mass is 16.6. The van der Waals surface area contributed by atoms with Crippen molar-refractivity contribution in [1.29, 1.82) is 0 Å². The van der Waals surface area contributed by atoms with Gasteiger partial charge in [0.1, 0.15) is 5.60 Å². The number of carbonyl (C=O) groups excluding carboxylic acids is 1. The second-order valence-corrected chi connectivity index (χ2v) is 9.85. The third-order valence-corrected chi connectivity index (χ3v) is 5.97. The molecule has 1 fully saturated rings. The lowest BCUT2D eigenvalue weighted by Crippen LogP contribution is -2.45. The van der Waals surface area contributed by atoms with E-state index in [4.69, 9.17) is 9.47 Å². The molecule has 0 bridgehead atoms. The van der Waals surface area contributed by atoms with Crippen molar-refractivity contribution in [1.82, 2.24) is 19.4 Å². The van der Waals surface area contributed by atoms with Crippen LogP contribution in [0.15, 0.2) is 59.9 Å². The highest BCUT2D eigenvalue weighted by Gasteiger charge is 2.40. The number of pyridine rings is 1. The maximum absolute atomic E-state index is 12.9. The van der Waals surface area contributed by atoms with Crippen LogP contribution in [0.25, 0.3) is 10.9 Å².